The van der Waals surface area contributed by atoms with Crippen LogP contribution >= 0.6 is 0 Å². The Hall–Kier alpha value is -1.99. The van der Waals surface area contributed by atoms with E-state index >= 15 is 0 Å². The van der Waals surface area contributed by atoms with Gasteiger partial charge in [0.2, 0.25) is 0 Å². The first-order valence-corrected chi connectivity index (χ1v) is 10.7. The fourth-order valence-corrected chi connectivity index (χ4v) is 4.07. The van der Waals surface area contributed by atoms with Crippen LogP contribution in [0.25, 0.3) is 10.9 Å². The van der Waals surface area contributed by atoms with Crippen molar-refractivity contribution in [3.63, 3.8) is 0 Å². The Balaban J connectivity index is 2.43. The third kappa shape index (κ3) is 4.89. The summed E-state index contributed by atoms with van der Waals surface area (Å²) < 4.78 is 2.07. The molecule has 28 heavy (non-hydrogen) atoms. The summed E-state index contributed by atoms with van der Waals surface area (Å²) in [6.45, 7) is 14.4. The molecule has 0 fully saturated rings. The quantitative estimate of drug-likeness (QED) is 0.482. The van der Waals surface area contributed by atoms with Crippen molar-refractivity contribution in [2.24, 2.45) is 5.73 Å². The van der Waals surface area contributed by atoms with E-state index in [0.717, 1.165) is 68.7 Å². The SMILES string of the molecule is CCC(CCN)N(CC)c1nn(CCCN(CC)CC)c2c(N)cc(N)cc12. The van der Waals surface area contributed by atoms with Crippen molar-refractivity contribution < 1.29 is 0 Å². The summed E-state index contributed by atoms with van der Waals surface area (Å²) in [6, 6.07) is 4.20. The number of nitrogens with zero attached hydrogens (tertiary/aromatic N) is 4. The maximum atomic E-state index is 6.37. The highest BCUT2D eigenvalue weighted by Crippen LogP contribution is 2.34. The average molecular weight is 390 g/mol. The molecule has 0 amide bonds. The predicted molar refractivity (Wildman–Crippen MR) is 122 cm³/mol. The Morgan fingerprint density at radius 1 is 1.07 bits per heavy atom. The van der Waals surface area contributed by atoms with E-state index in [-0.39, 0.29) is 0 Å². The molecule has 2 rings (SSSR count). The molecular formula is C21H39N7. The zero-order valence-electron chi connectivity index (χ0n) is 18.1. The molecule has 1 unspecified atom stereocenters. The van der Waals surface area contributed by atoms with E-state index in [2.05, 4.69) is 42.2 Å². The minimum atomic E-state index is 0.361. The van der Waals surface area contributed by atoms with Gasteiger partial charge in [-0.1, -0.05) is 20.8 Å². The Morgan fingerprint density at radius 3 is 2.36 bits per heavy atom. The lowest BCUT2D eigenvalue weighted by Gasteiger charge is -2.30. The van der Waals surface area contributed by atoms with Gasteiger partial charge in [-0.05, 0) is 64.5 Å². The average Bonchev–Trinajstić information content (AvgIpc) is 3.03. The minimum Gasteiger partial charge on any atom is -0.399 e. The lowest BCUT2D eigenvalue weighted by Crippen LogP contribution is -2.36. The summed E-state index contributed by atoms with van der Waals surface area (Å²) in [4.78, 5) is 4.79. The van der Waals surface area contributed by atoms with E-state index in [1.165, 1.54) is 0 Å². The Labute approximate surface area is 169 Å². The van der Waals surface area contributed by atoms with Crippen LogP contribution in [0.1, 0.15) is 47.0 Å². The second kappa shape index (κ2) is 10.5. The van der Waals surface area contributed by atoms with Crippen LogP contribution in [0.4, 0.5) is 17.2 Å². The normalized spacial score (nSPS) is 12.8. The number of fused-ring (bicyclic) bond motifs is 1. The molecule has 2 aromatic rings. The molecule has 0 saturated heterocycles. The molecule has 7 nitrogen and oxygen atoms in total. The topological polar surface area (TPSA) is 102 Å². The molecule has 158 valence electrons. The minimum absolute atomic E-state index is 0.361. The Bertz CT molecular complexity index is 736. The molecule has 0 spiro atoms. The van der Waals surface area contributed by atoms with Gasteiger partial charge in [-0.2, -0.15) is 5.10 Å². The van der Waals surface area contributed by atoms with E-state index in [9.17, 15) is 0 Å². The number of anilines is 3. The van der Waals surface area contributed by atoms with Gasteiger partial charge in [0, 0.05) is 30.2 Å². The Kier molecular flexibility index (Phi) is 8.38. The molecule has 1 aromatic heterocycles. The van der Waals surface area contributed by atoms with Gasteiger partial charge in [-0.3, -0.25) is 4.68 Å². The first kappa shape index (κ1) is 22.3. The molecule has 1 atom stereocenters. The van der Waals surface area contributed by atoms with Crippen LogP contribution in [0.3, 0.4) is 0 Å². The molecule has 0 aliphatic rings. The fourth-order valence-electron chi connectivity index (χ4n) is 4.07. The maximum absolute atomic E-state index is 6.37. The largest absolute Gasteiger partial charge is 0.399 e. The molecule has 0 aliphatic heterocycles. The van der Waals surface area contributed by atoms with Crippen molar-refractivity contribution in [1.29, 1.82) is 0 Å². The first-order chi connectivity index (χ1) is 13.5. The lowest BCUT2D eigenvalue weighted by atomic mass is 10.1. The number of rotatable bonds is 12. The molecule has 1 heterocycles. The van der Waals surface area contributed by atoms with Crippen LogP contribution < -0.4 is 22.1 Å². The summed E-state index contributed by atoms with van der Waals surface area (Å²) in [6.07, 6.45) is 3.01. The lowest BCUT2D eigenvalue weighted by molar-refractivity contribution is 0.292. The van der Waals surface area contributed by atoms with Gasteiger partial charge in [0.15, 0.2) is 5.82 Å². The fraction of sp³-hybridized carbons (Fsp3) is 0.667. The van der Waals surface area contributed by atoms with Crippen molar-refractivity contribution >= 4 is 28.1 Å². The van der Waals surface area contributed by atoms with Crippen LogP contribution in [0.15, 0.2) is 12.1 Å². The van der Waals surface area contributed by atoms with E-state index < -0.39 is 0 Å². The number of hydrogen-bond donors (Lipinski definition) is 3. The highest BCUT2D eigenvalue weighted by molar-refractivity contribution is 6.00. The number of aromatic nitrogens is 2. The molecule has 0 aliphatic carbocycles. The van der Waals surface area contributed by atoms with Crippen molar-refractivity contribution in [3.05, 3.63) is 12.1 Å². The van der Waals surface area contributed by atoms with Gasteiger partial charge in [-0.15, -0.1) is 0 Å². The van der Waals surface area contributed by atoms with Gasteiger partial charge in [0.05, 0.1) is 11.2 Å². The third-order valence-electron chi connectivity index (χ3n) is 5.64. The molecule has 0 saturated carbocycles. The highest BCUT2D eigenvalue weighted by Gasteiger charge is 2.23. The van der Waals surface area contributed by atoms with Crippen molar-refractivity contribution in [2.75, 3.05) is 49.1 Å². The van der Waals surface area contributed by atoms with Gasteiger partial charge in [-0.25, -0.2) is 0 Å². The van der Waals surface area contributed by atoms with Crippen molar-refractivity contribution in [3.8, 4) is 0 Å². The molecule has 7 heteroatoms. The van der Waals surface area contributed by atoms with Crippen LogP contribution in [0.5, 0.6) is 0 Å². The number of nitrogen functional groups attached to an aromatic ring is 2. The summed E-state index contributed by atoms with van der Waals surface area (Å²) in [7, 11) is 0. The van der Waals surface area contributed by atoms with Crippen LogP contribution in [-0.2, 0) is 6.54 Å². The number of nitrogens with two attached hydrogens (primary N) is 3. The Morgan fingerprint density at radius 2 is 1.79 bits per heavy atom. The monoisotopic (exact) mass is 389 g/mol. The second-order valence-corrected chi connectivity index (χ2v) is 7.36. The molecule has 0 radical (unpaired) electrons. The number of hydrogen-bond acceptors (Lipinski definition) is 6. The van der Waals surface area contributed by atoms with E-state index in [4.69, 9.17) is 22.3 Å². The zero-order valence-corrected chi connectivity index (χ0v) is 18.1. The molecule has 1 aromatic carbocycles. The van der Waals surface area contributed by atoms with E-state index in [1.807, 2.05) is 12.1 Å². The maximum Gasteiger partial charge on any atom is 0.158 e. The summed E-state index contributed by atoms with van der Waals surface area (Å²) in [5, 5.41) is 6.05. The van der Waals surface area contributed by atoms with Crippen LogP contribution in [-0.4, -0.2) is 53.4 Å². The smallest absolute Gasteiger partial charge is 0.158 e. The van der Waals surface area contributed by atoms with E-state index in [0.29, 0.717) is 24.0 Å². The van der Waals surface area contributed by atoms with Crippen molar-refractivity contribution in [1.82, 2.24) is 14.7 Å². The van der Waals surface area contributed by atoms with Gasteiger partial charge >= 0.3 is 0 Å². The first-order valence-electron chi connectivity index (χ1n) is 10.7. The molecule has 0 bridgehead atoms. The van der Waals surface area contributed by atoms with E-state index in [1.54, 1.807) is 0 Å². The number of aryl methyl sites for hydroxylation is 1. The zero-order chi connectivity index (χ0) is 20.7. The van der Waals surface area contributed by atoms with Gasteiger partial charge in [0.25, 0.3) is 0 Å². The number of benzene rings is 1. The van der Waals surface area contributed by atoms with Crippen LogP contribution in [0.2, 0.25) is 0 Å². The second-order valence-electron chi connectivity index (χ2n) is 7.36. The standard InChI is InChI=1S/C21H39N7/c1-5-17(10-11-22)27(8-4)21-18-14-16(23)15-19(24)20(18)28(25-21)13-9-12-26(6-2)7-3/h14-15,17H,5-13,22-24H2,1-4H3. The highest BCUT2D eigenvalue weighted by atomic mass is 15.4. The third-order valence-corrected chi connectivity index (χ3v) is 5.64. The van der Waals surface area contributed by atoms with Crippen LogP contribution in [0, 0.1) is 0 Å². The summed E-state index contributed by atoms with van der Waals surface area (Å²) in [5.41, 5.74) is 20.7. The predicted octanol–water partition coefficient (Wildman–Crippen LogP) is 2.89. The summed E-state index contributed by atoms with van der Waals surface area (Å²) in [5.74, 6) is 0.972. The van der Waals surface area contributed by atoms with Crippen molar-refractivity contribution in [2.45, 2.75) is 59.5 Å². The summed E-state index contributed by atoms with van der Waals surface area (Å²) >= 11 is 0. The molecular weight excluding hydrogens is 350 g/mol. The van der Waals surface area contributed by atoms with Gasteiger partial charge in [0.1, 0.15) is 0 Å². The molecule has 6 N–H and O–H groups in total. The van der Waals surface area contributed by atoms with Gasteiger partial charge < -0.3 is 27.0 Å².